The third-order valence-corrected chi connectivity index (χ3v) is 13.4. The molecular weight excluding hydrogens is 510 g/mol. The van der Waals surface area contributed by atoms with Gasteiger partial charge >= 0.3 is 198 Å². The monoisotopic (exact) mass is 550 g/mol. The van der Waals surface area contributed by atoms with E-state index < -0.39 is 23.2 Å². The standard InChI is InChI=1S/C29H42.2ClH.Zr/c1-27(2,3)25-21-15-11-9-13-19(21)17-23(25)29(7,8)24-18-20-14-10-12-16-22(20)26(24)28(4,5)6;;;/h17-18H,9-16H2,1-8H3;2*1H;/q;;;+2/p-2. The van der Waals surface area contributed by atoms with Gasteiger partial charge in [-0.3, -0.25) is 0 Å². The Morgan fingerprint density at radius 2 is 0.969 bits per heavy atom. The van der Waals surface area contributed by atoms with Crippen LogP contribution < -0.4 is 24.8 Å². The van der Waals surface area contributed by atoms with Crippen molar-refractivity contribution < 1.29 is 48.0 Å². The largest absolute Gasteiger partial charge is 1.00 e. The van der Waals surface area contributed by atoms with E-state index in [2.05, 4.69) is 55.4 Å². The van der Waals surface area contributed by atoms with Crippen LogP contribution >= 0.6 is 0 Å². The van der Waals surface area contributed by atoms with Crippen LogP contribution in [0.5, 0.6) is 0 Å². The van der Waals surface area contributed by atoms with Gasteiger partial charge in [-0.05, 0) is 0 Å². The molecule has 5 rings (SSSR count). The van der Waals surface area contributed by atoms with Crippen LogP contribution in [0.25, 0.3) is 0 Å². The summed E-state index contributed by atoms with van der Waals surface area (Å²) < 4.78 is 1.80. The van der Waals surface area contributed by atoms with Crippen LogP contribution in [0, 0.1) is 16.2 Å². The van der Waals surface area contributed by atoms with Crippen LogP contribution in [-0.2, 0) is 23.2 Å². The van der Waals surface area contributed by atoms with E-state index >= 15 is 0 Å². The fourth-order valence-corrected chi connectivity index (χ4v) is 14.4. The van der Waals surface area contributed by atoms with Gasteiger partial charge in [0.1, 0.15) is 0 Å². The molecule has 0 saturated carbocycles. The average molecular weight is 553 g/mol. The summed E-state index contributed by atoms with van der Waals surface area (Å²) >= 11 is -0.609. The maximum Gasteiger partial charge on any atom is -1.00 e. The Balaban J connectivity index is 0.00000144. The SMILES string of the molecule is CC(C)(C)C1=C2[CH]([Zr+2][CH]3C4=C(CCCC4)C(C(C)(C)C)=C3C2(C)C)C2=C1CCCC2.[Cl-].[Cl-]. The van der Waals surface area contributed by atoms with Gasteiger partial charge in [-0.25, -0.2) is 0 Å². The summed E-state index contributed by atoms with van der Waals surface area (Å²) in [4.78, 5) is 0. The Labute approximate surface area is 221 Å². The quantitative estimate of drug-likeness (QED) is 0.433. The number of hydrogen-bond donors (Lipinski definition) is 0. The molecule has 1 heterocycles. The van der Waals surface area contributed by atoms with Crippen molar-refractivity contribution in [3.05, 3.63) is 44.6 Å². The molecule has 0 bridgehead atoms. The summed E-state index contributed by atoms with van der Waals surface area (Å²) in [5.74, 6) is 0. The van der Waals surface area contributed by atoms with E-state index in [1.807, 2.05) is 44.6 Å². The first-order valence-electron chi connectivity index (χ1n) is 12.6. The molecule has 4 aliphatic carbocycles. The summed E-state index contributed by atoms with van der Waals surface area (Å²) in [5.41, 5.74) is 15.8. The number of halogens is 2. The predicted molar refractivity (Wildman–Crippen MR) is 125 cm³/mol. The Morgan fingerprint density at radius 3 is 1.31 bits per heavy atom. The van der Waals surface area contributed by atoms with Crippen LogP contribution in [0.1, 0.15) is 107 Å². The van der Waals surface area contributed by atoms with Gasteiger partial charge in [0.25, 0.3) is 0 Å². The summed E-state index contributed by atoms with van der Waals surface area (Å²) in [5, 5.41) is 0. The molecule has 32 heavy (non-hydrogen) atoms. The molecule has 176 valence electrons. The molecule has 1 fully saturated rings. The first kappa shape index (κ1) is 27.0. The fraction of sp³-hybridized carbons (Fsp3) is 0.724. The van der Waals surface area contributed by atoms with Crippen LogP contribution in [-0.4, -0.2) is 0 Å². The molecule has 0 N–H and O–H groups in total. The minimum absolute atomic E-state index is 0. The molecule has 0 nitrogen and oxygen atoms in total. The molecule has 2 unspecified atom stereocenters. The van der Waals surface area contributed by atoms with E-state index in [0.29, 0.717) is 0 Å². The van der Waals surface area contributed by atoms with Crippen molar-refractivity contribution in [3.8, 4) is 0 Å². The molecule has 0 aromatic rings. The van der Waals surface area contributed by atoms with Gasteiger partial charge in [-0.15, -0.1) is 0 Å². The van der Waals surface area contributed by atoms with Crippen molar-refractivity contribution in [2.45, 2.75) is 114 Å². The summed E-state index contributed by atoms with van der Waals surface area (Å²) in [7, 11) is 0. The van der Waals surface area contributed by atoms with Crippen molar-refractivity contribution in [3.63, 3.8) is 0 Å². The van der Waals surface area contributed by atoms with Crippen molar-refractivity contribution in [2.24, 2.45) is 16.2 Å². The Kier molecular flexibility index (Phi) is 7.45. The van der Waals surface area contributed by atoms with Crippen LogP contribution in [0.15, 0.2) is 44.6 Å². The minimum Gasteiger partial charge on any atom is -1.00 e. The van der Waals surface area contributed by atoms with Gasteiger partial charge in [0.15, 0.2) is 0 Å². The van der Waals surface area contributed by atoms with Gasteiger partial charge in [0, 0.05) is 0 Å². The molecule has 0 amide bonds. The number of allylic oxidation sites excluding steroid dienone is 8. The fourth-order valence-electron chi connectivity index (χ4n) is 7.77. The zero-order valence-corrected chi connectivity index (χ0v) is 25.5. The zero-order valence-electron chi connectivity index (χ0n) is 21.6. The molecule has 0 aromatic carbocycles. The van der Waals surface area contributed by atoms with Crippen molar-refractivity contribution in [1.29, 1.82) is 0 Å². The zero-order chi connectivity index (χ0) is 21.6. The second kappa shape index (κ2) is 8.82. The summed E-state index contributed by atoms with van der Waals surface area (Å²) in [6.45, 7) is 20.3. The molecule has 2 atom stereocenters. The maximum atomic E-state index is 2.64. The second-order valence-corrected chi connectivity index (χ2v) is 16.8. The first-order valence-corrected chi connectivity index (χ1v) is 15.5. The van der Waals surface area contributed by atoms with Gasteiger partial charge in [0.2, 0.25) is 0 Å². The van der Waals surface area contributed by atoms with E-state index in [4.69, 9.17) is 0 Å². The van der Waals surface area contributed by atoms with Crippen molar-refractivity contribution >= 4 is 0 Å². The average Bonchev–Trinajstić information content (AvgIpc) is 3.16. The molecule has 3 heteroatoms. The van der Waals surface area contributed by atoms with Crippen molar-refractivity contribution in [1.82, 2.24) is 0 Å². The molecule has 1 aliphatic heterocycles. The van der Waals surface area contributed by atoms with Gasteiger partial charge < -0.3 is 24.8 Å². The Morgan fingerprint density at radius 1 is 0.625 bits per heavy atom. The minimum atomic E-state index is -0.609. The van der Waals surface area contributed by atoms with Gasteiger partial charge in [-0.2, -0.15) is 0 Å². The molecular formula is C29H42Cl2Zr. The molecule has 0 spiro atoms. The van der Waals surface area contributed by atoms with E-state index in [-0.39, 0.29) is 41.1 Å². The normalized spacial score (nSPS) is 28.8. The Hall–Kier alpha value is 0.423. The molecule has 5 aliphatic rings. The van der Waals surface area contributed by atoms with E-state index in [1.165, 1.54) is 51.4 Å². The number of fused-ring (bicyclic) bond motifs is 4. The predicted octanol–water partition coefficient (Wildman–Crippen LogP) is 3.15. The number of hydrogen-bond acceptors (Lipinski definition) is 0. The molecule has 0 radical (unpaired) electrons. The van der Waals surface area contributed by atoms with E-state index in [0.717, 1.165) is 7.25 Å². The van der Waals surface area contributed by atoms with Crippen molar-refractivity contribution in [2.75, 3.05) is 0 Å². The second-order valence-electron chi connectivity index (χ2n) is 13.2. The molecule has 1 saturated heterocycles. The van der Waals surface area contributed by atoms with Gasteiger partial charge in [-0.1, -0.05) is 0 Å². The summed E-state index contributed by atoms with van der Waals surface area (Å²) in [6, 6.07) is 0. The van der Waals surface area contributed by atoms with Crippen LogP contribution in [0.3, 0.4) is 0 Å². The van der Waals surface area contributed by atoms with E-state index in [9.17, 15) is 0 Å². The third kappa shape index (κ3) is 3.88. The maximum absolute atomic E-state index is 2.64. The van der Waals surface area contributed by atoms with Crippen LogP contribution in [0.4, 0.5) is 0 Å². The summed E-state index contributed by atoms with van der Waals surface area (Å²) in [6.07, 6.45) is 11.2. The Bertz CT molecular complexity index is 853. The molecule has 0 aromatic heterocycles. The smallest absolute Gasteiger partial charge is 1.00 e. The third-order valence-electron chi connectivity index (χ3n) is 8.62. The topological polar surface area (TPSA) is 0 Å². The van der Waals surface area contributed by atoms with E-state index in [1.54, 1.807) is 0 Å². The number of rotatable bonds is 0. The first-order chi connectivity index (χ1) is 13.9. The van der Waals surface area contributed by atoms with Crippen LogP contribution in [0.2, 0.25) is 7.25 Å². The van der Waals surface area contributed by atoms with Gasteiger partial charge in [0.05, 0.1) is 0 Å².